The zero-order valence-electron chi connectivity index (χ0n) is 9.54. The highest BCUT2D eigenvalue weighted by molar-refractivity contribution is 5.84. The summed E-state index contributed by atoms with van der Waals surface area (Å²) in [5.74, 6) is -0.237. The fourth-order valence-corrected chi connectivity index (χ4v) is 2.44. The van der Waals surface area contributed by atoms with E-state index in [0.717, 1.165) is 12.8 Å². The molecule has 0 aliphatic carbocycles. The monoisotopic (exact) mass is 214 g/mol. The van der Waals surface area contributed by atoms with Crippen LogP contribution in [0.5, 0.6) is 0 Å². The van der Waals surface area contributed by atoms with Crippen LogP contribution < -0.4 is 0 Å². The molecule has 4 nitrogen and oxygen atoms in total. The van der Waals surface area contributed by atoms with Crippen molar-refractivity contribution in [3.63, 3.8) is 0 Å². The molecule has 0 saturated carbocycles. The van der Waals surface area contributed by atoms with Crippen LogP contribution in [0.4, 0.5) is 0 Å². The van der Waals surface area contributed by atoms with E-state index in [1.54, 1.807) is 0 Å². The molecular formula is C11H18O4. The van der Waals surface area contributed by atoms with E-state index in [2.05, 4.69) is 0 Å². The first-order valence-corrected chi connectivity index (χ1v) is 5.53. The van der Waals surface area contributed by atoms with Crippen molar-refractivity contribution in [1.29, 1.82) is 0 Å². The van der Waals surface area contributed by atoms with Gasteiger partial charge in [-0.1, -0.05) is 0 Å². The predicted octanol–water partition coefficient (Wildman–Crippen LogP) is 1.28. The molecule has 2 rings (SSSR count). The molecule has 3 atom stereocenters. The third-order valence-electron chi connectivity index (χ3n) is 3.42. The molecule has 86 valence electrons. The van der Waals surface area contributed by atoms with Crippen LogP contribution in [-0.2, 0) is 19.0 Å². The number of carbonyl (C=O) groups excluding carboxylic acids is 1. The molecule has 2 aliphatic rings. The largest absolute Gasteiger partial charge is 0.464 e. The van der Waals surface area contributed by atoms with Crippen molar-refractivity contribution < 1.29 is 19.0 Å². The Bertz CT molecular complexity index is 278. The van der Waals surface area contributed by atoms with Crippen LogP contribution in [0.1, 0.15) is 33.6 Å². The minimum absolute atomic E-state index is 0.162. The van der Waals surface area contributed by atoms with Crippen molar-refractivity contribution in [2.24, 2.45) is 0 Å². The van der Waals surface area contributed by atoms with Gasteiger partial charge in [0.05, 0.1) is 12.7 Å². The Morgan fingerprint density at radius 2 is 2.33 bits per heavy atom. The lowest BCUT2D eigenvalue weighted by molar-refractivity contribution is -0.149. The Balaban J connectivity index is 2.05. The minimum Gasteiger partial charge on any atom is -0.464 e. The molecule has 15 heavy (non-hydrogen) atoms. The SMILES string of the molecule is CCOC(=O)[C@@]1(C)O[C@]12CCO[C@H](C)C2. The molecule has 0 aromatic carbocycles. The molecule has 0 aromatic heterocycles. The quantitative estimate of drug-likeness (QED) is 0.513. The molecule has 0 aromatic rings. The topological polar surface area (TPSA) is 48.1 Å². The lowest BCUT2D eigenvalue weighted by atomic mass is 9.85. The molecule has 2 heterocycles. The normalized spacial score (nSPS) is 44.1. The number of epoxide rings is 1. The summed E-state index contributed by atoms with van der Waals surface area (Å²) in [6.45, 7) is 6.70. The molecular weight excluding hydrogens is 196 g/mol. The fraction of sp³-hybridized carbons (Fsp3) is 0.909. The molecule has 0 radical (unpaired) electrons. The van der Waals surface area contributed by atoms with Gasteiger partial charge in [-0.25, -0.2) is 4.79 Å². The molecule has 0 unspecified atom stereocenters. The number of esters is 1. The van der Waals surface area contributed by atoms with Crippen LogP contribution in [-0.4, -0.2) is 36.5 Å². The van der Waals surface area contributed by atoms with Crippen LogP contribution in [0.15, 0.2) is 0 Å². The average Bonchev–Trinajstić information content (AvgIpc) is 2.72. The predicted molar refractivity (Wildman–Crippen MR) is 53.5 cm³/mol. The summed E-state index contributed by atoms with van der Waals surface area (Å²) in [5.41, 5.74) is -1.06. The Labute approximate surface area is 89.9 Å². The van der Waals surface area contributed by atoms with E-state index in [0.29, 0.717) is 13.2 Å². The van der Waals surface area contributed by atoms with Gasteiger partial charge in [0.2, 0.25) is 0 Å². The molecule has 4 heteroatoms. The third-order valence-corrected chi connectivity index (χ3v) is 3.42. The van der Waals surface area contributed by atoms with Gasteiger partial charge in [0, 0.05) is 19.4 Å². The molecule has 2 aliphatic heterocycles. The number of hydrogen-bond acceptors (Lipinski definition) is 4. The Hall–Kier alpha value is -0.610. The van der Waals surface area contributed by atoms with E-state index in [-0.39, 0.29) is 17.7 Å². The minimum atomic E-state index is -0.735. The van der Waals surface area contributed by atoms with Gasteiger partial charge in [0.25, 0.3) is 0 Å². The van der Waals surface area contributed by atoms with Crippen LogP contribution in [0.2, 0.25) is 0 Å². The first kappa shape index (κ1) is 10.9. The number of rotatable bonds is 2. The van der Waals surface area contributed by atoms with Gasteiger partial charge in [-0.3, -0.25) is 0 Å². The van der Waals surface area contributed by atoms with Crippen molar-refractivity contribution in [3.05, 3.63) is 0 Å². The standard InChI is InChI=1S/C11H18O4/c1-4-13-9(12)10(3)11(15-10)5-6-14-8(2)7-11/h8H,4-7H2,1-3H3/t8-,10-,11+/m1/s1. The van der Waals surface area contributed by atoms with E-state index >= 15 is 0 Å². The van der Waals surface area contributed by atoms with Crippen LogP contribution in [0.3, 0.4) is 0 Å². The lowest BCUT2D eigenvalue weighted by Crippen LogP contribution is -2.39. The smallest absolute Gasteiger partial charge is 0.341 e. The Kier molecular flexibility index (Phi) is 2.51. The maximum Gasteiger partial charge on any atom is 0.341 e. The highest BCUT2D eigenvalue weighted by Gasteiger charge is 2.73. The van der Waals surface area contributed by atoms with Crippen molar-refractivity contribution in [2.45, 2.75) is 50.9 Å². The molecule has 0 bridgehead atoms. The first-order valence-electron chi connectivity index (χ1n) is 5.53. The molecule has 0 amide bonds. The van der Waals surface area contributed by atoms with Crippen molar-refractivity contribution in [1.82, 2.24) is 0 Å². The van der Waals surface area contributed by atoms with Gasteiger partial charge in [0.15, 0.2) is 5.60 Å². The van der Waals surface area contributed by atoms with Gasteiger partial charge in [-0.05, 0) is 20.8 Å². The summed E-state index contributed by atoms with van der Waals surface area (Å²) >= 11 is 0. The van der Waals surface area contributed by atoms with Crippen molar-refractivity contribution in [3.8, 4) is 0 Å². The highest BCUT2D eigenvalue weighted by atomic mass is 16.7. The molecule has 1 spiro atoms. The molecule has 0 N–H and O–H groups in total. The summed E-state index contributed by atoms with van der Waals surface area (Å²) in [4.78, 5) is 11.7. The number of carbonyl (C=O) groups is 1. The van der Waals surface area contributed by atoms with Crippen LogP contribution >= 0.6 is 0 Å². The van der Waals surface area contributed by atoms with Gasteiger partial charge in [-0.15, -0.1) is 0 Å². The Morgan fingerprint density at radius 3 is 2.93 bits per heavy atom. The summed E-state index contributed by atoms with van der Waals surface area (Å²) in [5, 5.41) is 0. The van der Waals surface area contributed by atoms with Gasteiger partial charge < -0.3 is 14.2 Å². The van der Waals surface area contributed by atoms with Gasteiger partial charge in [0.1, 0.15) is 5.60 Å². The zero-order valence-corrected chi connectivity index (χ0v) is 9.54. The summed E-state index contributed by atoms with van der Waals surface area (Å²) in [6.07, 6.45) is 1.73. The van der Waals surface area contributed by atoms with E-state index < -0.39 is 5.60 Å². The maximum atomic E-state index is 11.7. The first-order chi connectivity index (χ1) is 7.04. The van der Waals surface area contributed by atoms with Gasteiger partial charge >= 0.3 is 5.97 Å². The van der Waals surface area contributed by atoms with Crippen molar-refractivity contribution in [2.75, 3.05) is 13.2 Å². The van der Waals surface area contributed by atoms with E-state index in [1.807, 2.05) is 20.8 Å². The zero-order chi connectivity index (χ0) is 11.1. The maximum absolute atomic E-state index is 11.7. The second-order valence-electron chi connectivity index (χ2n) is 4.49. The Morgan fingerprint density at radius 1 is 1.60 bits per heavy atom. The molecule has 2 saturated heterocycles. The second-order valence-corrected chi connectivity index (χ2v) is 4.49. The van der Waals surface area contributed by atoms with E-state index in [1.165, 1.54) is 0 Å². The summed E-state index contributed by atoms with van der Waals surface area (Å²) in [7, 11) is 0. The van der Waals surface area contributed by atoms with Crippen LogP contribution in [0, 0.1) is 0 Å². The average molecular weight is 214 g/mol. The highest BCUT2D eigenvalue weighted by Crippen LogP contribution is 2.55. The fourth-order valence-electron chi connectivity index (χ4n) is 2.44. The summed E-state index contributed by atoms with van der Waals surface area (Å²) in [6, 6.07) is 0. The van der Waals surface area contributed by atoms with Crippen LogP contribution in [0.25, 0.3) is 0 Å². The van der Waals surface area contributed by atoms with Gasteiger partial charge in [-0.2, -0.15) is 0 Å². The lowest BCUT2D eigenvalue weighted by Gasteiger charge is -2.26. The van der Waals surface area contributed by atoms with E-state index in [9.17, 15) is 4.79 Å². The number of hydrogen-bond donors (Lipinski definition) is 0. The summed E-state index contributed by atoms with van der Waals surface area (Å²) < 4.78 is 16.1. The van der Waals surface area contributed by atoms with Crippen molar-refractivity contribution >= 4 is 5.97 Å². The van der Waals surface area contributed by atoms with E-state index in [4.69, 9.17) is 14.2 Å². The third kappa shape index (κ3) is 1.56. The second kappa shape index (κ2) is 3.46. The molecule has 2 fully saturated rings. The number of ether oxygens (including phenoxy) is 3.